The number of ether oxygens (including phenoxy) is 3. The quantitative estimate of drug-likeness (QED) is 0.0978. The highest BCUT2D eigenvalue weighted by atomic mass is 31.3. The predicted octanol–water partition coefficient (Wildman–Crippen LogP) is -3.83. The van der Waals surface area contributed by atoms with E-state index in [1.807, 2.05) is 0 Å². The number of carbonyl (C=O) groups is 2. The minimum absolute atomic E-state index is 0.0462. The Hall–Kier alpha value is -2.81. The van der Waals surface area contributed by atoms with Crippen LogP contribution in [0.4, 0.5) is 5.95 Å². The molecule has 0 spiro atoms. The molecule has 1 fully saturated rings. The second kappa shape index (κ2) is 13.0. The number of nitrogens with zero attached hydrogens (tertiary/aromatic N) is 3. The molecule has 1 unspecified atom stereocenters. The lowest BCUT2D eigenvalue weighted by molar-refractivity contribution is -0.148. The number of H-pyrrole nitrogens is 1. The number of hydrogen-bond donors (Lipinski definition) is 9. The molecule has 0 saturated carbocycles. The molecule has 0 amide bonds. The van der Waals surface area contributed by atoms with E-state index in [1.165, 1.54) is 14.2 Å². The lowest BCUT2D eigenvalue weighted by atomic mass is 10.1. The van der Waals surface area contributed by atoms with E-state index < -0.39 is 70.2 Å². The first-order valence-electron chi connectivity index (χ1n) is 10.5. The summed E-state index contributed by atoms with van der Waals surface area (Å²) in [7, 11) is -7.56. The summed E-state index contributed by atoms with van der Waals surface area (Å²) in [5.74, 6) is -1.37. The van der Waals surface area contributed by atoms with E-state index in [1.54, 1.807) is 0 Å². The molecular weight excluding hydrogens is 576 g/mol. The molecule has 39 heavy (non-hydrogen) atoms. The lowest BCUT2D eigenvalue weighted by Crippen LogP contribution is -2.34. The molecule has 0 aliphatic carbocycles. The van der Waals surface area contributed by atoms with Crippen LogP contribution in [0.15, 0.2) is 11.1 Å². The molecule has 1 aliphatic rings. The Morgan fingerprint density at radius 3 is 2.44 bits per heavy atom. The maximum Gasteiger partial charge on any atom is 0.412 e. The number of aliphatic hydroxyl groups is 2. The van der Waals surface area contributed by atoms with Crippen molar-refractivity contribution in [2.24, 2.45) is 5.73 Å². The van der Waals surface area contributed by atoms with Crippen molar-refractivity contribution in [1.29, 1.82) is 0 Å². The third-order valence-electron chi connectivity index (χ3n) is 4.85. The second-order valence-electron chi connectivity index (χ2n) is 7.69. The molecular formula is C16H27N7O14P2. The van der Waals surface area contributed by atoms with E-state index in [0.29, 0.717) is 0 Å². The highest BCUT2D eigenvalue weighted by Gasteiger charge is 2.45. The number of rotatable bonds is 9. The topological polar surface area (TPSA) is 334 Å². The van der Waals surface area contributed by atoms with E-state index in [-0.39, 0.29) is 23.5 Å². The Kier molecular flexibility index (Phi) is 10.8. The van der Waals surface area contributed by atoms with Crippen LogP contribution in [0.3, 0.4) is 0 Å². The summed E-state index contributed by atoms with van der Waals surface area (Å²) in [6, 6.07) is -0.924. The molecule has 2 aromatic heterocycles. The third-order valence-corrected chi connectivity index (χ3v) is 7.40. The number of nitrogens with one attached hydrogen (secondary N) is 2. The summed E-state index contributed by atoms with van der Waals surface area (Å²) >= 11 is 0. The van der Waals surface area contributed by atoms with Gasteiger partial charge in [0.25, 0.3) is 5.56 Å². The molecule has 6 atom stereocenters. The highest BCUT2D eigenvalue weighted by Crippen LogP contribution is 2.49. The molecule has 1 saturated heterocycles. The Labute approximate surface area is 217 Å². The molecule has 23 heteroatoms. The molecule has 21 nitrogen and oxygen atoms in total. The van der Waals surface area contributed by atoms with E-state index in [2.05, 4.69) is 28.9 Å². The molecule has 0 bridgehead atoms. The second-order valence-corrected chi connectivity index (χ2v) is 10.9. The molecule has 11 N–H and O–H groups in total. The van der Waals surface area contributed by atoms with Crippen molar-refractivity contribution < 1.29 is 62.3 Å². The summed E-state index contributed by atoms with van der Waals surface area (Å²) in [6.45, 7) is -0.807. The summed E-state index contributed by atoms with van der Waals surface area (Å²) in [5.41, 5.74) is 9.91. The van der Waals surface area contributed by atoms with Crippen LogP contribution in [0.1, 0.15) is 12.6 Å². The van der Waals surface area contributed by atoms with Gasteiger partial charge in [-0.15, -0.1) is 4.86 Å². The number of hydrogen-bond acceptors (Lipinski definition) is 15. The lowest BCUT2D eigenvalue weighted by Gasteiger charge is -2.18. The molecule has 3 heterocycles. The standard InChI is InChI=1S/C10H16N6O10P2.C6H11NO4/c11-10-13-7-4(8(19)14-10)12-2-16(7)9-6(18)5(17)3(26-9)1-25-28(23,24)15-27(20,21)22;1-10-5(8)3-4(7)6(9)11-2/h2-3,5-6,9,17-18H,1H2,(H3,11,13,14,19)(H4,15,20,21,22,23,24);4H,3,7H2,1-2H3/t3-,5-,6-,9-;4-/m10/s1. The number of nitrogens with two attached hydrogens (primary N) is 2. The van der Waals surface area contributed by atoms with E-state index in [0.717, 1.165) is 15.8 Å². The molecule has 1 aliphatic heterocycles. The van der Waals surface area contributed by atoms with Crippen molar-refractivity contribution >= 4 is 44.5 Å². The number of anilines is 1. The van der Waals surface area contributed by atoms with Gasteiger partial charge < -0.3 is 50.6 Å². The average molecular weight is 603 g/mol. The number of carbonyl (C=O) groups excluding carboxylic acids is 2. The van der Waals surface area contributed by atoms with Crippen molar-refractivity contribution in [2.45, 2.75) is 37.0 Å². The zero-order valence-corrected chi connectivity index (χ0v) is 22.0. The van der Waals surface area contributed by atoms with Gasteiger partial charge in [-0.05, 0) is 0 Å². The van der Waals surface area contributed by atoms with Crippen LogP contribution in [0.2, 0.25) is 0 Å². The summed E-state index contributed by atoms with van der Waals surface area (Å²) in [4.78, 5) is 70.7. The zero-order chi connectivity index (χ0) is 29.7. The van der Waals surface area contributed by atoms with E-state index in [4.69, 9.17) is 26.0 Å². The number of aromatic nitrogens is 4. The summed E-state index contributed by atoms with van der Waals surface area (Å²) in [6.07, 6.45) is -4.91. The Morgan fingerprint density at radius 2 is 1.87 bits per heavy atom. The normalized spacial score (nSPS) is 23.4. The SMILES string of the molecule is COC(=O)C[C@H](N)C(=O)OC.Nc1nc2c(ncn2[C@@H]2O[C@H](COP(=O)(O)NP(=O)(O)O)[C@@H](O)[C@H]2O)c(=O)[nH]1. The van der Waals surface area contributed by atoms with Gasteiger partial charge in [-0.3, -0.25) is 28.5 Å². The van der Waals surface area contributed by atoms with Gasteiger partial charge in [-0.2, -0.15) is 4.98 Å². The summed E-state index contributed by atoms with van der Waals surface area (Å²) in [5, 5.41) is 20.3. The van der Waals surface area contributed by atoms with Gasteiger partial charge in [0.05, 0.1) is 33.6 Å². The van der Waals surface area contributed by atoms with Crippen LogP contribution in [-0.4, -0.2) is 102 Å². The molecule has 220 valence electrons. The monoisotopic (exact) mass is 603 g/mol. The van der Waals surface area contributed by atoms with Crippen LogP contribution < -0.4 is 21.9 Å². The van der Waals surface area contributed by atoms with Crippen molar-refractivity contribution in [3.8, 4) is 0 Å². The van der Waals surface area contributed by atoms with Crippen LogP contribution in [0.25, 0.3) is 11.2 Å². The van der Waals surface area contributed by atoms with Gasteiger partial charge in [0.2, 0.25) is 5.95 Å². The fraction of sp³-hybridized carbons (Fsp3) is 0.562. The minimum atomic E-state index is -5.07. The predicted molar refractivity (Wildman–Crippen MR) is 126 cm³/mol. The van der Waals surface area contributed by atoms with Crippen molar-refractivity contribution in [3.63, 3.8) is 0 Å². The number of nitrogen functional groups attached to an aromatic ring is 1. The minimum Gasteiger partial charge on any atom is -0.469 e. The van der Waals surface area contributed by atoms with Crippen LogP contribution in [0.5, 0.6) is 0 Å². The largest absolute Gasteiger partial charge is 0.469 e. The molecule has 2 aromatic rings. The Morgan fingerprint density at radius 1 is 1.23 bits per heavy atom. The van der Waals surface area contributed by atoms with Gasteiger partial charge in [0.1, 0.15) is 24.4 Å². The number of imidazole rings is 1. The van der Waals surface area contributed by atoms with Crippen LogP contribution >= 0.6 is 15.5 Å². The molecule has 0 radical (unpaired) electrons. The van der Waals surface area contributed by atoms with Gasteiger partial charge >= 0.3 is 27.4 Å². The first kappa shape index (κ1) is 32.4. The maximum absolute atomic E-state index is 11.8. The third kappa shape index (κ3) is 8.85. The number of esters is 2. The van der Waals surface area contributed by atoms with Gasteiger partial charge in [0.15, 0.2) is 17.4 Å². The van der Waals surface area contributed by atoms with Crippen LogP contribution in [0, 0.1) is 0 Å². The fourth-order valence-corrected chi connectivity index (χ4v) is 4.99. The van der Waals surface area contributed by atoms with Crippen molar-refractivity contribution in [3.05, 3.63) is 16.7 Å². The van der Waals surface area contributed by atoms with Crippen LogP contribution in [-0.2, 0) is 37.5 Å². The smallest absolute Gasteiger partial charge is 0.412 e. The number of aromatic amines is 1. The maximum atomic E-state index is 11.8. The number of methoxy groups -OCH3 is 2. The van der Waals surface area contributed by atoms with Crippen molar-refractivity contribution in [2.75, 3.05) is 26.6 Å². The Balaban J connectivity index is 0.000000411. The van der Waals surface area contributed by atoms with Crippen molar-refractivity contribution in [1.82, 2.24) is 24.4 Å². The highest BCUT2D eigenvalue weighted by molar-refractivity contribution is 7.66. The van der Waals surface area contributed by atoms with E-state index in [9.17, 15) is 38.6 Å². The van der Waals surface area contributed by atoms with E-state index >= 15 is 0 Å². The molecule has 0 aromatic carbocycles. The summed E-state index contributed by atoms with van der Waals surface area (Å²) < 4.78 is 41.9. The van der Waals surface area contributed by atoms with Gasteiger partial charge in [-0.1, -0.05) is 0 Å². The fourth-order valence-electron chi connectivity index (χ4n) is 3.09. The molecule has 3 rings (SSSR count). The zero-order valence-electron chi connectivity index (χ0n) is 20.2. The first-order valence-corrected chi connectivity index (χ1v) is 13.6. The number of aliphatic hydroxyl groups excluding tert-OH is 2. The average Bonchev–Trinajstić information content (AvgIpc) is 3.36. The number of fused-ring (bicyclic) bond motifs is 1. The Bertz CT molecular complexity index is 1330. The van der Waals surface area contributed by atoms with Gasteiger partial charge in [0, 0.05) is 0 Å². The van der Waals surface area contributed by atoms with Gasteiger partial charge in [-0.25, -0.2) is 14.1 Å². The first-order chi connectivity index (χ1) is 18.0.